The zero-order valence-electron chi connectivity index (χ0n) is 26.1. The minimum atomic E-state index is -4.74. The van der Waals surface area contributed by atoms with Gasteiger partial charge in [0.2, 0.25) is 0 Å². The fourth-order valence-electron chi connectivity index (χ4n) is 6.14. The Bertz CT molecular complexity index is 1880. The van der Waals surface area contributed by atoms with E-state index in [1.807, 2.05) is 6.07 Å². The summed E-state index contributed by atoms with van der Waals surface area (Å²) < 4.78 is 86.6. The van der Waals surface area contributed by atoms with Gasteiger partial charge in [-0.3, -0.25) is 0 Å². The Morgan fingerprint density at radius 2 is 1.78 bits per heavy atom. The number of aliphatic hydroxyl groups is 2. The lowest BCUT2D eigenvalue weighted by atomic mass is 9.89. The summed E-state index contributed by atoms with van der Waals surface area (Å²) in [5, 5.41) is 44.1. The number of aryl methyl sites for hydroxylation is 1. The minimum absolute atomic E-state index is 0.0153. The van der Waals surface area contributed by atoms with Crippen LogP contribution in [0.3, 0.4) is 0 Å². The Morgan fingerprint density at radius 3 is 2.43 bits per heavy atom. The molecule has 49 heavy (non-hydrogen) atoms. The lowest BCUT2D eigenvalue weighted by Crippen LogP contribution is -2.43. The number of rotatable bonds is 10. The number of nitrogens with one attached hydrogen (secondary N) is 2. The number of anilines is 2. The van der Waals surface area contributed by atoms with Crippen LogP contribution < -0.4 is 15.5 Å². The molecule has 1 saturated carbocycles. The Labute approximate surface area is 277 Å². The average molecular weight is 687 g/mol. The van der Waals surface area contributed by atoms with Crippen LogP contribution in [0.5, 0.6) is 0 Å². The third kappa shape index (κ3) is 7.19. The number of fused-ring (bicyclic) bond motifs is 1. The molecule has 1 fully saturated rings. The number of hydrogen-bond acceptors (Lipinski definition) is 9. The van der Waals surface area contributed by atoms with E-state index in [0.717, 1.165) is 18.2 Å². The second-order valence-corrected chi connectivity index (χ2v) is 12.2. The molecule has 10 nitrogen and oxygen atoms in total. The van der Waals surface area contributed by atoms with Crippen LogP contribution in [0, 0.1) is 11.3 Å². The second-order valence-electron chi connectivity index (χ2n) is 12.2. The first-order valence-electron chi connectivity index (χ1n) is 15.5. The molecule has 1 aliphatic carbocycles. The van der Waals surface area contributed by atoms with Crippen molar-refractivity contribution in [1.82, 2.24) is 25.1 Å². The first kappa shape index (κ1) is 34.2. The van der Waals surface area contributed by atoms with Gasteiger partial charge in [-0.15, -0.1) is 10.2 Å². The third-order valence-electron chi connectivity index (χ3n) is 8.75. The number of nitriles is 1. The fourth-order valence-corrected chi connectivity index (χ4v) is 6.14. The van der Waals surface area contributed by atoms with Gasteiger partial charge in [-0.2, -0.15) is 31.6 Å². The summed E-state index contributed by atoms with van der Waals surface area (Å²) in [6.07, 6.45) is -8.40. The normalized spacial score (nSPS) is 19.0. The van der Waals surface area contributed by atoms with Gasteiger partial charge in [0.05, 0.1) is 23.3 Å². The van der Waals surface area contributed by atoms with Gasteiger partial charge in [-0.25, -0.2) is 4.98 Å². The first-order chi connectivity index (χ1) is 23.2. The van der Waals surface area contributed by atoms with Crippen LogP contribution in [0.2, 0.25) is 0 Å². The van der Waals surface area contributed by atoms with Gasteiger partial charge < -0.3 is 30.3 Å². The summed E-state index contributed by atoms with van der Waals surface area (Å²) in [7, 11) is 1.63. The number of nitrogens with zero attached hydrogens (tertiary/aromatic N) is 6. The first-order valence-corrected chi connectivity index (χ1v) is 15.5. The van der Waals surface area contributed by atoms with E-state index in [9.17, 15) is 36.6 Å². The molecule has 0 bridgehead atoms. The lowest BCUT2D eigenvalue weighted by molar-refractivity contribution is -0.138. The molecule has 4 N–H and O–H groups in total. The highest BCUT2D eigenvalue weighted by molar-refractivity contribution is 5.84. The number of unbranched alkanes of at least 4 members (excludes halogenated alkanes) is 1. The van der Waals surface area contributed by atoms with Crippen molar-refractivity contribution in [2.75, 3.05) is 16.8 Å². The van der Waals surface area contributed by atoms with Crippen LogP contribution >= 0.6 is 0 Å². The van der Waals surface area contributed by atoms with Crippen LogP contribution in [0.1, 0.15) is 59.7 Å². The zero-order valence-corrected chi connectivity index (χ0v) is 26.1. The highest BCUT2D eigenvalue weighted by Crippen LogP contribution is 2.45. The van der Waals surface area contributed by atoms with E-state index < -0.39 is 35.8 Å². The molecule has 0 radical (unpaired) electrons. The van der Waals surface area contributed by atoms with E-state index in [1.165, 1.54) is 40.1 Å². The van der Waals surface area contributed by atoms with E-state index in [0.29, 0.717) is 30.4 Å². The van der Waals surface area contributed by atoms with E-state index in [2.05, 4.69) is 25.8 Å². The van der Waals surface area contributed by atoms with Gasteiger partial charge in [-0.05, 0) is 84.0 Å². The molecule has 2 aromatic heterocycles. The summed E-state index contributed by atoms with van der Waals surface area (Å²) in [5.41, 5.74) is -1.02. The van der Waals surface area contributed by atoms with Crippen molar-refractivity contribution in [2.24, 2.45) is 7.05 Å². The molecular formula is C33H32F6N8O2. The standard InChI is InChI=1S/C33H32F6N8O2/c1-46-17-43-45-30(46)23-5-4-20(32(34,35)36)12-24(23)19-10-28(41-7-3-2-6-40)44-29(11-19)47-16-26-25(31(47)49)8-18(9-27(26)33(37,38)39)15-42-21-13-22(48)14-21/h4-5,8-12,17,21-22,31,42,48-49H,2-3,7,13-16H2,1H3,(H,41,44). The molecule has 3 heterocycles. The predicted octanol–water partition coefficient (Wildman–Crippen LogP) is 5.92. The molecule has 0 amide bonds. The molecule has 16 heteroatoms. The molecule has 0 saturated heterocycles. The van der Waals surface area contributed by atoms with Crippen LogP contribution in [-0.4, -0.2) is 48.7 Å². The Hall–Kier alpha value is -4.72. The number of hydrogen-bond donors (Lipinski definition) is 4. The third-order valence-corrected chi connectivity index (χ3v) is 8.75. The summed E-state index contributed by atoms with van der Waals surface area (Å²) >= 11 is 0. The molecular weight excluding hydrogens is 654 g/mol. The highest BCUT2D eigenvalue weighted by atomic mass is 19.4. The van der Waals surface area contributed by atoms with Crippen LogP contribution in [0.4, 0.5) is 38.0 Å². The van der Waals surface area contributed by atoms with Crippen LogP contribution in [0.15, 0.2) is 48.8 Å². The maximum absolute atomic E-state index is 14.4. The van der Waals surface area contributed by atoms with Crippen molar-refractivity contribution in [2.45, 2.75) is 69.5 Å². The summed E-state index contributed by atoms with van der Waals surface area (Å²) in [5.74, 6) is 0.465. The summed E-state index contributed by atoms with van der Waals surface area (Å²) in [6.45, 7) is -0.0141. The average Bonchev–Trinajstić information content (AvgIpc) is 3.61. The van der Waals surface area contributed by atoms with Crippen molar-refractivity contribution in [3.63, 3.8) is 0 Å². The Balaban J connectivity index is 1.43. The number of pyridine rings is 1. The monoisotopic (exact) mass is 686 g/mol. The molecule has 6 rings (SSSR count). The molecule has 2 aromatic carbocycles. The number of alkyl halides is 6. The predicted molar refractivity (Wildman–Crippen MR) is 166 cm³/mol. The minimum Gasteiger partial charge on any atom is -0.393 e. The topological polar surface area (TPSA) is 135 Å². The van der Waals surface area contributed by atoms with E-state index in [-0.39, 0.29) is 71.8 Å². The van der Waals surface area contributed by atoms with E-state index in [4.69, 9.17) is 5.26 Å². The zero-order chi connectivity index (χ0) is 35.1. The molecule has 0 spiro atoms. The molecule has 258 valence electrons. The number of halogens is 6. The number of aromatic nitrogens is 4. The van der Waals surface area contributed by atoms with Gasteiger partial charge in [0, 0.05) is 50.3 Å². The van der Waals surface area contributed by atoms with Gasteiger partial charge in [0.25, 0.3) is 0 Å². The van der Waals surface area contributed by atoms with Crippen molar-refractivity contribution < 1.29 is 36.6 Å². The van der Waals surface area contributed by atoms with Gasteiger partial charge >= 0.3 is 12.4 Å². The molecule has 1 atom stereocenters. The smallest absolute Gasteiger partial charge is 0.393 e. The quantitative estimate of drug-likeness (QED) is 0.118. The van der Waals surface area contributed by atoms with Crippen molar-refractivity contribution in [1.29, 1.82) is 5.26 Å². The maximum Gasteiger partial charge on any atom is 0.416 e. The van der Waals surface area contributed by atoms with E-state index >= 15 is 0 Å². The summed E-state index contributed by atoms with van der Waals surface area (Å²) in [6, 6.07) is 10.6. The molecule has 4 aromatic rings. The molecule has 1 aliphatic heterocycles. The Morgan fingerprint density at radius 1 is 1.00 bits per heavy atom. The fraction of sp³-hybridized carbons (Fsp3) is 0.394. The SMILES string of the molecule is Cn1cnnc1-c1ccc(C(F)(F)F)cc1-c1cc(NCCCC#N)nc(N2Cc3c(cc(CNC4CC(O)C4)cc3C(F)(F)F)C2O)c1. The largest absolute Gasteiger partial charge is 0.416 e. The molecule has 1 unspecified atom stereocenters. The van der Waals surface area contributed by atoms with Gasteiger partial charge in [0.1, 0.15) is 18.0 Å². The molecule has 2 aliphatic rings. The van der Waals surface area contributed by atoms with Crippen LogP contribution in [-0.2, 0) is 32.5 Å². The number of benzene rings is 2. The van der Waals surface area contributed by atoms with E-state index in [1.54, 1.807) is 7.05 Å². The van der Waals surface area contributed by atoms with Crippen molar-refractivity contribution in [3.8, 4) is 28.6 Å². The maximum atomic E-state index is 14.4. The van der Waals surface area contributed by atoms with Crippen molar-refractivity contribution >= 4 is 11.6 Å². The Kier molecular flexibility index (Phi) is 9.27. The summed E-state index contributed by atoms with van der Waals surface area (Å²) in [4.78, 5) is 5.81. The lowest BCUT2D eigenvalue weighted by Gasteiger charge is -2.32. The number of aliphatic hydroxyl groups excluding tert-OH is 2. The highest BCUT2D eigenvalue weighted by Gasteiger charge is 2.41. The van der Waals surface area contributed by atoms with Gasteiger partial charge in [-0.1, -0.05) is 0 Å². The van der Waals surface area contributed by atoms with Crippen LogP contribution in [0.25, 0.3) is 22.5 Å². The second kappa shape index (κ2) is 13.3. The van der Waals surface area contributed by atoms with Gasteiger partial charge in [0.15, 0.2) is 12.1 Å². The van der Waals surface area contributed by atoms with Crippen molar-refractivity contribution in [3.05, 3.63) is 76.6 Å².